The van der Waals surface area contributed by atoms with E-state index < -0.39 is 0 Å². The molecule has 0 atom stereocenters. The van der Waals surface area contributed by atoms with E-state index in [1.54, 1.807) is 13.3 Å². The summed E-state index contributed by atoms with van der Waals surface area (Å²) < 4.78 is 7.17. The summed E-state index contributed by atoms with van der Waals surface area (Å²) in [6, 6.07) is 0. The monoisotopic (exact) mass is 293 g/mol. The third kappa shape index (κ3) is 4.06. The van der Waals surface area contributed by atoms with Crippen LogP contribution in [-0.4, -0.2) is 48.2 Å². The Morgan fingerprint density at radius 3 is 2.57 bits per heavy atom. The minimum absolute atomic E-state index is 0.135. The van der Waals surface area contributed by atoms with Crippen LogP contribution < -0.4 is 4.74 Å². The second-order valence-electron chi connectivity index (χ2n) is 6.14. The van der Waals surface area contributed by atoms with Crippen LogP contribution in [-0.2, 0) is 6.54 Å². The lowest BCUT2D eigenvalue weighted by Gasteiger charge is -2.16. The van der Waals surface area contributed by atoms with E-state index in [1.165, 1.54) is 12.8 Å². The molecule has 1 fully saturated rings. The van der Waals surface area contributed by atoms with Crippen molar-refractivity contribution in [3.63, 3.8) is 0 Å². The summed E-state index contributed by atoms with van der Waals surface area (Å²) >= 11 is 0. The molecule has 0 radical (unpaired) electrons. The quantitative estimate of drug-likeness (QED) is 0.597. The van der Waals surface area contributed by atoms with Gasteiger partial charge in [-0.25, -0.2) is 0 Å². The number of ether oxygens (including phenoxy) is 1. The number of carbonyl (C=O) groups is 1. The zero-order chi connectivity index (χ0) is 15.2. The molecule has 0 N–H and O–H groups in total. The van der Waals surface area contributed by atoms with E-state index in [0.717, 1.165) is 32.2 Å². The van der Waals surface area contributed by atoms with Gasteiger partial charge in [-0.3, -0.25) is 9.48 Å². The molecule has 0 saturated heterocycles. The highest BCUT2D eigenvalue weighted by Gasteiger charge is 2.27. The van der Waals surface area contributed by atoms with Crippen LogP contribution in [0.2, 0.25) is 0 Å². The second kappa shape index (κ2) is 7.59. The van der Waals surface area contributed by atoms with Gasteiger partial charge in [0.25, 0.3) is 0 Å². The maximum Gasteiger partial charge on any atom is 0.187 e. The van der Waals surface area contributed by atoms with Crippen molar-refractivity contribution in [2.45, 2.75) is 45.1 Å². The SMILES string of the molecule is COc1cnn(CCN(C)C)c1C(=O)C1CCCCCC1. The van der Waals surface area contributed by atoms with Crippen molar-refractivity contribution in [1.82, 2.24) is 14.7 Å². The molecule has 0 aromatic carbocycles. The Labute approximate surface area is 127 Å². The summed E-state index contributed by atoms with van der Waals surface area (Å²) in [6.07, 6.45) is 8.48. The summed E-state index contributed by atoms with van der Waals surface area (Å²) in [5, 5.41) is 4.34. The number of likely N-dealkylation sites (N-methyl/N-ethyl adjacent to an activating group) is 1. The van der Waals surface area contributed by atoms with Crippen LogP contribution in [0.25, 0.3) is 0 Å². The Morgan fingerprint density at radius 2 is 2.00 bits per heavy atom. The molecule has 0 amide bonds. The molecule has 5 heteroatoms. The summed E-state index contributed by atoms with van der Waals surface area (Å²) in [5.41, 5.74) is 0.659. The third-order valence-electron chi connectivity index (χ3n) is 4.24. The molecule has 21 heavy (non-hydrogen) atoms. The van der Waals surface area contributed by atoms with Gasteiger partial charge in [-0.2, -0.15) is 5.10 Å². The first kappa shape index (κ1) is 16.0. The molecule has 1 aromatic rings. The second-order valence-corrected chi connectivity index (χ2v) is 6.14. The van der Waals surface area contributed by atoms with Crippen molar-refractivity contribution in [3.8, 4) is 5.75 Å². The van der Waals surface area contributed by atoms with Crippen molar-refractivity contribution in [3.05, 3.63) is 11.9 Å². The Morgan fingerprint density at radius 1 is 1.33 bits per heavy atom. The number of ketones is 1. The van der Waals surface area contributed by atoms with Crippen molar-refractivity contribution < 1.29 is 9.53 Å². The maximum atomic E-state index is 12.9. The molecule has 0 bridgehead atoms. The zero-order valence-corrected chi connectivity index (χ0v) is 13.5. The van der Waals surface area contributed by atoms with Crippen LogP contribution in [0.1, 0.15) is 49.0 Å². The van der Waals surface area contributed by atoms with Gasteiger partial charge in [0.15, 0.2) is 11.5 Å². The molecule has 118 valence electrons. The molecular formula is C16H27N3O2. The predicted octanol–water partition coefficient (Wildman–Crippen LogP) is 2.61. The highest BCUT2D eigenvalue weighted by atomic mass is 16.5. The summed E-state index contributed by atoms with van der Waals surface area (Å²) in [4.78, 5) is 15.0. The van der Waals surface area contributed by atoms with Crippen LogP contribution in [0, 0.1) is 5.92 Å². The standard InChI is InChI=1S/C16H27N3O2/c1-18(2)10-11-19-15(14(21-3)12-17-19)16(20)13-8-6-4-5-7-9-13/h12-13H,4-11H2,1-3H3. The molecule has 0 unspecified atom stereocenters. The van der Waals surface area contributed by atoms with Crippen LogP contribution in [0.4, 0.5) is 0 Å². The van der Waals surface area contributed by atoms with Crippen LogP contribution in [0.3, 0.4) is 0 Å². The van der Waals surface area contributed by atoms with E-state index >= 15 is 0 Å². The molecule has 0 aliphatic heterocycles. The molecular weight excluding hydrogens is 266 g/mol. The molecule has 1 aliphatic carbocycles. The summed E-state index contributed by atoms with van der Waals surface area (Å²) in [5.74, 6) is 0.962. The Hall–Kier alpha value is -1.36. The largest absolute Gasteiger partial charge is 0.493 e. The fourth-order valence-corrected chi connectivity index (χ4v) is 2.97. The molecule has 1 heterocycles. The summed E-state index contributed by atoms with van der Waals surface area (Å²) in [6.45, 7) is 1.57. The number of carbonyl (C=O) groups excluding carboxylic acids is 1. The first-order valence-corrected chi connectivity index (χ1v) is 7.92. The van der Waals surface area contributed by atoms with Crippen LogP contribution in [0.15, 0.2) is 6.20 Å². The number of Topliss-reactive ketones (excluding diaryl/α,β-unsaturated/α-hetero) is 1. The van der Waals surface area contributed by atoms with Gasteiger partial charge in [0, 0.05) is 12.5 Å². The van der Waals surface area contributed by atoms with Crippen molar-refractivity contribution in [1.29, 1.82) is 0 Å². The van der Waals surface area contributed by atoms with Crippen molar-refractivity contribution in [2.24, 2.45) is 5.92 Å². The van der Waals surface area contributed by atoms with E-state index in [0.29, 0.717) is 18.0 Å². The van der Waals surface area contributed by atoms with Crippen LogP contribution in [0.5, 0.6) is 5.75 Å². The molecule has 0 spiro atoms. The van der Waals surface area contributed by atoms with Gasteiger partial charge >= 0.3 is 0 Å². The number of rotatable bonds is 6. The predicted molar refractivity (Wildman–Crippen MR) is 82.9 cm³/mol. The van der Waals surface area contributed by atoms with Crippen LogP contribution >= 0.6 is 0 Å². The molecule has 1 aromatic heterocycles. The number of aromatic nitrogens is 2. The average molecular weight is 293 g/mol. The topological polar surface area (TPSA) is 47.4 Å². The Kier molecular flexibility index (Phi) is 5.79. The van der Waals surface area contributed by atoms with E-state index in [2.05, 4.69) is 10.00 Å². The fourth-order valence-electron chi connectivity index (χ4n) is 2.97. The van der Waals surface area contributed by atoms with Gasteiger partial charge in [-0.15, -0.1) is 0 Å². The smallest absolute Gasteiger partial charge is 0.187 e. The minimum Gasteiger partial charge on any atom is -0.493 e. The van der Waals surface area contributed by atoms with Crippen molar-refractivity contribution in [2.75, 3.05) is 27.7 Å². The van der Waals surface area contributed by atoms with Gasteiger partial charge in [0.1, 0.15) is 5.69 Å². The number of hydrogen-bond acceptors (Lipinski definition) is 4. The van der Waals surface area contributed by atoms with Gasteiger partial charge in [-0.1, -0.05) is 25.7 Å². The van der Waals surface area contributed by atoms with E-state index in [-0.39, 0.29) is 11.7 Å². The molecule has 1 aliphatic rings. The van der Waals surface area contributed by atoms with Gasteiger partial charge in [0.05, 0.1) is 19.9 Å². The lowest BCUT2D eigenvalue weighted by atomic mass is 9.93. The number of hydrogen-bond donors (Lipinski definition) is 0. The first-order chi connectivity index (χ1) is 10.1. The van der Waals surface area contributed by atoms with E-state index in [1.807, 2.05) is 18.8 Å². The minimum atomic E-state index is 0.135. The van der Waals surface area contributed by atoms with Gasteiger partial charge < -0.3 is 9.64 Å². The van der Waals surface area contributed by atoms with E-state index in [9.17, 15) is 4.79 Å². The van der Waals surface area contributed by atoms with Crippen molar-refractivity contribution >= 4 is 5.78 Å². The highest BCUT2D eigenvalue weighted by molar-refractivity contribution is 5.98. The highest BCUT2D eigenvalue weighted by Crippen LogP contribution is 2.29. The molecule has 2 rings (SSSR count). The Bertz CT molecular complexity index is 460. The lowest BCUT2D eigenvalue weighted by Crippen LogP contribution is -2.24. The first-order valence-electron chi connectivity index (χ1n) is 7.92. The average Bonchev–Trinajstić information content (AvgIpc) is 2.68. The zero-order valence-electron chi connectivity index (χ0n) is 13.5. The lowest BCUT2D eigenvalue weighted by molar-refractivity contribution is 0.0892. The third-order valence-corrected chi connectivity index (χ3v) is 4.24. The number of methoxy groups -OCH3 is 1. The fraction of sp³-hybridized carbons (Fsp3) is 0.750. The summed E-state index contributed by atoms with van der Waals surface area (Å²) in [7, 11) is 5.65. The molecule has 1 saturated carbocycles. The Balaban J connectivity index is 2.18. The van der Waals surface area contributed by atoms with E-state index in [4.69, 9.17) is 4.74 Å². The van der Waals surface area contributed by atoms with Gasteiger partial charge in [0.2, 0.25) is 0 Å². The van der Waals surface area contributed by atoms with Gasteiger partial charge in [-0.05, 0) is 26.9 Å². The number of nitrogens with zero attached hydrogens (tertiary/aromatic N) is 3. The normalized spacial score (nSPS) is 17.0. The maximum absolute atomic E-state index is 12.9. The molecule has 5 nitrogen and oxygen atoms in total.